The fraction of sp³-hybridized carbons (Fsp3) is 0.632. The van der Waals surface area contributed by atoms with Gasteiger partial charge < -0.3 is 15.5 Å². The second kappa shape index (κ2) is 7.35. The average molecular weight is 315 g/mol. The van der Waals surface area contributed by atoms with E-state index >= 15 is 0 Å². The van der Waals surface area contributed by atoms with Crippen LogP contribution in [0.15, 0.2) is 24.3 Å². The van der Waals surface area contributed by atoms with Gasteiger partial charge in [-0.3, -0.25) is 0 Å². The maximum absolute atomic E-state index is 12.1. The van der Waals surface area contributed by atoms with Crippen molar-refractivity contribution in [3.05, 3.63) is 35.4 Å². The highest BCUT2D eigenvalue weighted by Crippen LogP contribution is 2.32. The zero-order valence-electron chi connectivity index (χ0n) is 14.3. The Kier molecular flexibility index (Phi) is 5.21. The molecule has 2 unspecified atom stereocenters. The molecule has 0 aromatic heterocycles. The molecule has 1 aromatic rings. The number of fused-ring (bicyclic) bond motifs is 2. The molecular formula is C19H29N3O. The van der Waals surface area contributed by atoms with Gasteiger partial charge in [-0.15, -0.1) is 0 Å². The molecule has 23 heavy (non-hydrogen) atoms. The van der Waals surface area contributed by atoms with Crippen molar-refractivity contribution >= 4 is 6.03 Å². The Labute approximate surface area is 139 Å². The van der Waals surface area contributed by atoms with Crippen LogP contribution >= 0.6 is 0 Å². The summed E-state index contributed by atoms with van der Waals surface area (Å²) < 4.78 is 0. The molecule has 2 heterocycles. The molecule has 1 aromatic carbocycles. The first-order valence-corrected chi connectivity index (χ1v) is 8.93. The maximum atomic E-state index is 12.1. The van der Waals surface area contributed by atoms with Crippen molar-refractivity contribution in [3.8, 4) is 0 Å². The van der Waals surface area contributed by atoms with Crippen LogP contribution in [-0.2, 0) is 6.42 Å². The van der Waals surface area contributed by atoms with E-state index in [2.05, 4.69) is 53.8 Å². The molecular weight excluding hydrogens is 286 g/mol. The van der Waals surface area contributed by atoms with Gasteiger partial charge in [-0.2, -0.15) is 0 Å². The van der Waals surface area contributed by atoms with Crippen LogP contribution in [0.1, 0.15) is 43.2 Å². The van der Waals surface area contributed by atoms with E-state index in [1.165, 1.54) is 30.4 Å². The molecule has 2 N–H and O–H groups in total. The zero-order chi connectivity index (χ0) is 16.2. The minimum Gasteiger partial charge on any atom is -0.338 e. The number of piperidine rings is 2. The summed E-state index contributed by atoms with van der Waals surface area (Å²) in [6.45, 7) is 2.78. The molecule has 2 aliphatic rings. The lowest BCUT2D eigenvalue weighted by Crippen LogP contribution is -2.56. The van der Waals surface area contributed by atoms with Crippen molar-refractivity contribution in [2.45, 2.75) is 63.6 Å². The topological polar surface area (TPSA) is 44.4 Å². The quantitative estimate of drug-likeness (QED) is 0.897. The Balaban J connectivity index is 1.40. The third-order valence-corrected chi connectivity index (χ3v) is 5.49. The number of rotatable bonds is 4. The molecule has 2 fully saturated rings. The fourth-order valence-corrected chi connectivity index (χ4v) is 4.05. The number of aryl methyl sites for hydroxylation is 1. The summed E-state index contributed by atoms with van der Waals surface area (Å²) in [4.78, 5) is 14.6. The average Bonchev–Trinajstić information content (AvgIpc) is 2.50. The number of nitrogens with zero attached hydrogens (tertiary/aromatic N) is 1. The number of hydrogen-bond donors (Lipinski definition) is 2. The number of carbonyl (C=O) groups excluding carboxylic acids is 1. The smallest absolute Gasteiger partial charge is 0.315 e. The Hall–Kier alpha value is -1.55. The highest BCUT2D eigenvalue weighted by Gasteiger charge is 2.36. The predicted molar refractivity (Wildman–Crippen MR) is 93.6 cm³/mol. The molecule has 2 atom stereocenters. The second-order valence-corrected chi connectivity index (χ2v) is 7.21. The van der Waals surface area contributed by atoms with Crippen molar-refractivity contribution in [1.82, 2.24) is 15.5 Å². The SMILES string of the molecule is Cc1ccc(CCNC(=O)NC2CC3CCCC(C2)N3C)cc1. The first-order chi connectivity index (χ1) is 11.1. The number of benzene rings is 1. The summed E-state index contributed by atoms with van der Waals surface area (Å²) in [7, 11) is 2.24. The summed E-state index contributed by atoms with van der Waals surface area (Å²) in [5.41, 5.74) is 2.54. The highest BCUT2D eigenvalue weighted by atomic mass is 16.2. The lowest BCUT2D eigenvalue weighted by Gasteiger charge is -2.47. The molecule has 4 heteroatoms. The third-order valence-electron chi connectivity index (χ3n) is 5.49. The van der Waals surface area contributed by atoms with E-state index in [1.54, 1.807) is 0 Å². The minimum absolute atomic E-state index is 0.00950. The van der Waals surface area contributed by atoms with Crippen LogP contribution in [-0.4, -0.2) is 42.6 Å². The van der Waals surface area contributed by atoms with E-state index < -0.39 is 0 Å². The van der Waals surface area contributed by atoms with Gasteiger partial charge in [0.25, 0.3) is 0 Å². The van der Waals surface area contributed by atoms with E-state index in [4.69, 9.17) is 0 Å². The Morgan fingerprint density at radius 2 is 1.83 bits per heavy atom. The molecule has 3 rings (SSSR count). The molecule has 2 aliphatic heterocycles. The van der Waals surface area contributed by atoms with Crippen LogP contribution in [0, 0.1) is 6.92 Å². The predicted octanol–water partition coefficient (Wildman–Crippen LogP) is 2.85. The van der Waals surface area contributed by atoms with Gasteiger partial charge in [0.05, 0.1) is 0 Å². The van der Waals surface area contributed by atoms with Crippen LogP contribution in [0.5, 0.6) is 0 Å². The van der Waals surface area contributed by atoms with Crippen molar-refractivity contribution in [2.75, 3.05) is 13.6 Å². The van der Waals surface area contributed by atoms with Crippen molar-refractivity contribution < 1.29 is 4.79 Å². The molecule has 0 spiro atoms. The van der Waals surface area contributed by atoms with Gasteiger partial charge in [-0.25, -0.2) is 4.79 Å². The van der Waals surface area contributed by atoms with Crippen LogP contribution in [0.4, 0.5) is 4.79 Å². The summed E-state index contributed by atoms with van der Waals surface area (Å²) in [5, 5.41) is 6.19. The third kappa shape index (κ3) is 4.25. The Bertz CT molecular complexity index is 514. The van der Waals surface area contributed by atoms with Crippen molar-refractivity contribution in [1.29, 1.82) is 0 Å². The van der Waals surface area contributed by atoms with E-state index in [0.717, 1.165) is 19.3 Å². The molecule has 0 radical (unpaired) electrons. The first-order valence-electron chi connectivity index (χ1n) is 8.93. The van der Waals surface area contributed by atoms with Crippen LogP contribution in [0.3, 0.4) is 0 Å². The van der Waals surface area contributed by atoms with E-state index in [1.807, 2.05) is 0 Å². The van der Waals surface area contributed by atoms with Gasteiger partial charge in [0, 0.05) is 24.7 Å². The molecule has 2 bridgehead atoms. The molecule has 0 aliphatic carbocycles. The monoisotopic (exact) mass is 315 g/mol. The molecule has 4 nitrogen and oxygen atoms in total. The summed E-state index contributed by atoms with van der Waals surface area (Å²) in [6.07, 6.45) is 6.97. The highest BCUT2D eigenvalue weighted by molar-refractivity contribution is 5.74. The molecule has 2 saturated heterocycles. The molecule has 2 amide bonds. The van der Waals surface area contributed by atoms with Crippen LogP contribution in [0.25, 0.3) is 0 Å². The van der Waals surface area contributed by atoms with Gasteiger partial charge >= 0.3 is 6.03 Å². The number of nitrogens with one attached hydrogen (secondary N) is 2. The zero-order valence-corrected chi connectivity index (χ0v) is 14.3. The Morgan fingerprint density at radius 1 is 1.17 bits per heavy atom. The summed E-state index contributed by atoms with van der Waals surface area (Å²) in [6, 6.07) is 10.1. The first kappa shape index (κ1) is 16.3. The van der Waals surface area contributed by atoms with Gasteiger partial charge in [-0.05, 0) is 51.6 Å². The lowest BCUT2D eigenvalue weighted by molar-refractivity contribution is 0.0509. The molecule has 0 saturated carbocycles. The van der Waals surface area contributed by atoms with Crippen molar-refractivity contribution in [3.63, 3.8) is 0 Å². The number of hydrogen-bond acceptors (Lipinski definition) is 2. The molecule has 126 valence electrons. The van der Waals surface area contributed by atoms with Gasteiger partial charge in [0.1, 0.15) is 0 Å². The van der Waals surface area contributed by atoms with Gasteiger partial charge in [-0.1, -0.05) is 36.2 Å². The lowest BCUT2D eigenvalue weighted by atomic mass is 9.82. The number of urea groups is 1. The van der Waals surface area contributed by atoms with E-state index in [9.17, 15) is 4.79 Å². The largest absolute Gasteiger partial charge is 0.338 e. The maximum Gasteiger partial charge on any atom is 0.315 e. The second-order valence-electron chi connectivity index (χ2n) is 7.21. The standard InChI is InChI=1S/C19H29N3O/c1-14-6-8-15(9-7-14)10-11-20-19(23)21-16-12-17-4-3-5-18(13-16)22(17)2/h6-9,16-18H,3-5,10-13H2,1-2H3,(H2,20,21,23). The minimum atomic E-state index is -0.00950. The summed E-state index contributed by atoms with van der Waals surface area (Å²) >= 11 is 0. The van der Waals surface area contributed by atoms with Crippen molar-refractivity contribution in [2.24, 2.45) is 0 Å². The number of carbonyl (C=O) groups is 1. The van der Waals surface area contributed by atoms with E-state index in [0.29, 0.717) is 24.7 Å². The fourth-order valence-electron chi connectivity index (χ4n) is 4.05. The van der Waals surface area contributed by atoms with Crippen LogP contribution in [0.2, 0.25) is 0 Å². The van der Waals surface area contributed by atoms with E-state index in [-0.39, 0.29) is 6.03 Å². The summed E-state index contributed by atoms with van der Waals surface area (Å²) in [5.74, 6) is 0. The van der Waals surface area contributed by atoms with Gasteiger partial charge in [0.2, 0.25) is 0 Å². The number of amides is 2. The Morgan fingerprint density at radius 3 is 2.48 bits per heavy atom. The normalized spacial score (nSPS) is 27.5. The van der Waals surface area contributed by atoms with Crippen LogP contribution < -0.4 is 10.6 Å². The van der Waals surface area contributed by atoms with Gasteiger partial charge in [0.15, 0.2) is 0 Å².